The molecule has 6 heteroatoms. The molecule has 25 heavy (non-hydrogen) atoms. The number of hydrogen-bond acceptors (Lipinski definition) is 3. The van der Waals surface area contributed by atoms with Crippen molar-refractivity contribution in [3.05, 3.63) is 63.6 Å². The second-order valence-corrected chi connectivity index (χ2v) is 7.42. The first-order chi connectivity index (χ1) is 12.1. The Morgan fingerprint density at radius 2 is 1.80 bits per heavy atom. The zero-order chi connectivity index (χ0) is 18.1. The Labute approximate surface area is 163 Å². The third-order valence-electron chi connectivity index (χ3n) is 3.62. The number of halogens is 2. The topological polar surface area (TPSA) is 38.3 Å². The van der Waals surface area contributed by atoms with E-state index in [0.29, 0.717) is 23.0 Å². The van der Waals surface area contributed by atoms with E-state index in [4.69, 9.17) is 27.9 Å². The van der Waals surface area contributed by atoms with E-state index in [1.807, 2.05) is 36.4 Å². The molecule has 0 bridgehead atoms. The van der Waals surface area contributed by atoms with E-state index >= 15 is 0 Å². The Morgan fingerprint density at radius 3 is 2.48 bits per heavy atom. The van der Waals surface area contributed by atoms with Crippen LogP contribution in [0.15, 0.2) is 42.5 Å². The average molecular weight is 398 g/mol. The second-order valence-electron chi connectivity index (χ2n) is 5.50. The van der Waals surface area contributed by atoms with Gasteiger partial charge in [-0.05, 0) is 41.8 Å². The summed E-state index contributed by atoms with van der Waals surface area (Å²) in [5, 5.41) is 4.10. The molecule has 0 unspecified atom stereocenters. The van der Waals surface area contributed by atoms with Crippen molar-refractivity contribution >= 4 is 40.9 Å². The molecule has 2 aromatic carbocycles. The summed E-state index contributed by atoms with van der Waals surface area (Å²) in [6.45, 7) is 0.660. The lowest BCUT2D eigenvalue weighted by Crippen LogP contribution is -2.25. The van der Waals surface area contributed by atoms with Crippen molar-refractivity contribution in [2.24, 2.45) is 0 Å². The number of benzene rings is 2. The van der Waals surface area contributed by atoms with E-state index in [9.17, 15) is 4.79 Å². The average Bonchev–Trinajstić information content (AvgIpc) is 2.63. The molecule has 3 nitrogen and oxygen atoms in total. The van der Waals surface area contributed by atoms with Gasteiger partial charge in [0, 0.05) is 24.5 Å². The second kappa shape index (κ2) is 10.6. The highest BCUT2D eigenvalue weighted by Crippen LogP contribution is 2.24. The fraction of sp³-hybridized carbons (Fsp3) is 0.316. The fourth-order valence-electron chi connectivity index (χ4n) is 2.22. The third kappa shape index (κ3) is 7.18. The lowest BCUT2D eigenvalue weighted by Gasteiger charge is -2.07. The summed E-state index contributed by atoms with van der Waals surface area (Å²) < 4.78 is 5.12. The van der Waals surface area contributed by atoms with Gasteiger partial charge in [0.1, 0.15) is 5.75 Å². The van der Waals surface area contributed by atoms with Gasteiger partial charge in [-0.15, -0.1) is 0 Å². The Bertz CT molecular complexity index is 692. The highest BCUT2D eigenvalue weighted by molar-refractivity contribution is 7.98. The molecule has 0 heterocycles. The SMILES string of the molecule is COc1ccc(CCC(=O)NCCSCc2ccc(Cl)c(Cl)c2)cc1. The Kier molecular flexibility index (Phi) is 8.45. The molecule has 0 aliphatic carbocycles. The Hall–Kier alpha value is -1.36. The first kappa shape index (κ1) is 20.0. The first-order valence-corrected chi connectivity index (χ1v) is 9.91. The molecule has 0 atom stereocenters. The van der Waals surface area contributed by atoms with Gasteiger partial charge in [0.2, 0.25) is 5.91 Å². The van der Waals surface area contributed by atoms with Crippen LogP contribution >= 0.6 is 35.0 Å². The molecule has 0 radical (unpaired) electrons. The van der Waals surface area contributed by atoms with Crippen LogP contribution in [0.3, 0.4) is 0 Å². The molecule has 1 amide bonds. The number of rotatable bonds is 9. The van der Waals surface area contributed by atoms with Crippen molar-refractivity contribution in [3.63, 3.8) is 0 Å². The maximum absolute atomic E-state index is 11.9. The molecule has 1 N–H and O–H groups in total. The number of methoxy groups -OCH3 is 1. The van der Waals surface area contributed by atoms with Crippen LogP contribution in [-0.4, -0.2) is 25.3 Å². The molecule has 0 fully saturated rings. The van der Waals surface area contributed by atoms with Crippen molar-refractivity contribution in [1.82, 2.24) is 5.32 Å². The number of hydrogen-bond donors (Lipinski definition) is 1. The fourth-order valence-corrected chi connectivity index (χ4v) is 3.35. The van der Waals surface area contributed by atoms with E-state index < -0.39 is 0 Å². The number of aryl methyl sites for hydroxylation is 1. The molecule has 0 aliphatic rings. The molecule has 134 valence electrons. The van der Waals surface area contributed by atoms with Crippen LogP contribution in [0.25, 0.3) is 0 Å². The van der Waals surface area contributed by atoms with Crippen LogP contribution in [0.4, 0.5) is 0 Å². The largest absolute Gasteiger partial charge is 0.497 e. The predicted octanol–water partition coefficient (Wildman–Crippen LogP) is 4.98. The van der Waals surface area contributed by atoms with Crippen LogP contribution in [0.2, 0.25) is 10.0 Å². The van der Waals surface area contributed by atoms with Gasteiger partial charge < -0.3 is 10.1 Å². The van der Waals surface area contributed by atoms with E-state index in [-0.39, 0.29) is 5.91 Å². The molecule has 0 aliphatic heterocycles. The van der Waals surface area contributed by atoms with Crippen molar-refractivity contribution in [1.29, 1.82) is 0 Å². The number of amides is 1. The monoisotopic (exact) mass is 397 g/mol. The molecular weight excluding hydrogens is 377 g/mol. The van der Waals surface area contributed by atoms with E-state index in [1.54, 1.807) is 24.9 Å². The highest BCUT2D eigenvalue weighted by Gasteiger charge is 2.03. The van der Waals surface area contributed by atoms with Crippen LogP contribution < -0.4 is 10.1 Å². The van der Waals surface area contributed by atoms with Gasteiger partial charge in [0.05, 0.1) is 17.2 Å². The summed E-state index contributed by atoms with van der Waals surface area (Å²) in [6.07, 6.45) is 1.22. The molecule has 0 aromatic heterocycles. The number of carbonyl (C=O) groups excluding carboxylic acids is 1. The Morgan fingerprint density at radius 1 is 1.08 bits per heavy atom. The van der Waals surface area contributed by atoms with Crippen LogP contribution in [0, 0.1) is 0 Å². The maximum atomic E-state index is 11.9. The molecular formula is C19H21Cl2NO2S. The minimum atomic E-state index is 0.0750. The van der Waals surface area contributed by atoms with Crippen molar-refractivity contribution in [3.8, 4) is 5.75 Å². The smallest absolute Gasteiger partial charge is 0.220 e. The molecule has 0 saturated carbocycles. The van der Waals surface area contributed by atoms with Gasteiger partial charge in [-0.3, -0.25) is 4.79 Å². The first-order valence-electron chi connectivity index (χ1n) is 8.00. The van der Waals surface area contributed by atoms with Gasteiger partial charge in [-0.1, -0.05) is 41.4 Å². The lowest BCUT2D eigenvalue weighted by atomic mass is 10.1. The minimum absolute atomic E-state index is 0.0750. The summed E-state index contributed by atoms with van der Waals surface area (Å²) in [5.74, 6) is 2.60. The van der Waals surface area contributed by atoms with Gasteiger partial charge in [0.25, 0.3) is 0 Å². The summed E-state index contributed by atoms with van der Waals surface area (Å²) in [5.41, 5.74) is 2.26. The van der Waals surface area contributed by atoms with Gasteiger partial charge in [-0.2, -0.15) is 11.8 Å². The third-order valence-corrected chi connectivity index (χ3v) is 5.39. The molecule has 2 aromatic rings. The predicted molar refractivity (Wildman–Crippen MR) is 107 cm³/mol. The van der Waals surface area contributed by atoms with Crippen molar-refractivity contribution < 1.29 is 9.53 Å². The van der Waals surface area contributed by atoms with Crippen LogP contribution in [-0.2, 0) is 17.0 Å². The summed E-state index contributed by atoms with van der Waals surface area (Å²) >= 11 is 13.6. The van der Waals surface area contributed by atoms with E-state index in [1.165, 1.54) is 0 Å². The van der Waals surface area contributed by atoms with Gasteiger partial charge in [0.15, 0.2) is 0 Å². The maximum Gasteiger partial charge on any atom is 0.220 e. The summed E-state index contributed by atoms with van der Waals surface area (Å²) in [4.78, 5) is 11.9. The van der Waals surface area contributed by atoms with E-state index in [2.05, 4.69) is 5.32 Å². The highest BCUT2D eigenvalue weighted by atomic mass is 35.5. The molecule has 2 rings (SSSR count). The minimum Gasteiger partial charge on any atom is -0.497 e. The quantitative estimate of drug-likeness (QED) is 0.605. The molecule has 0 spiro atoms. The Balaban J connectivity index is 1.59. The standard InChI is InChI=1S/C19H21Cl2NO2S/c1-24-16-6-2-14(3-7-16)5-9-19(23)22-10-11-25-13-15-4-8-17(20)18(21)12-15/h2-4,6-8,12H,5,9-11,13H2,1H3,(H,22,23). The van der Waals surface area contributed by atoms with Gasteiger partial charge in [-0.25, -0.2) is 0 Å². The van der Waals surface area contributed by atoms with Crippen molar-refractivity contribution in [2.75, 3.05) is 19.4 Å². The molecule has 0 saturated heterocycles. The number of thioether (sulfide) groups is 1. The zero-order valence-electron chi connectivity index (χ0n) is 14.1. The van der Waals surface area contributed by atoms with Crippen LogP contribution in [0.5, 0.6) is 5.75 Å². The normalized spacial score (nSPS) is 10.5. The summed E-state index contributed by atoms with van der Waals surface area (Å²) in [7, 11) is 1.64. The number of nitrogens with one attached hydrogen (secondary N) is 1. The van der Waals surface area contributed by atoms with Crippen LogP contribution in [0.1, 0.15) is 17.5 Å². The van der Waals surface area contributed by atoms with Gasteiger partial charge >= 0.3 is 0 Å². The number of carbonyl (C=O) groups is 1. The van der Waals surface area contributed by atoms with Crippen molar-refractivity contribution in [2.45, 2.75) is 18.6 Å². The lowest BCUT2D eigenvalue weighted by molar-refractivity contribution is -0.120. The van der Waals surface area contributed by atoms with E-state index in [0.717, 1.165) is 34.8 Å². The summed E-state index contributed by atoms with van der Waals surface area (Å²) in [6, 6.07) is 13.4. The number of ether oxygens (including phenoxy) is 1. The zero-order valence-corrected chi connectivity index (χ0v) is 16.4.